The molecule has 1 atom stereocenters. The number of para-hydroxylation sites is 2. The summed E-state index contributed by atoms with van der Waals surface area (Å²) in [5, 5.41) is 8.15. The Morgan fingerprint density at radius 3 is 2.12 bits per heavy atom. The molecule has 3 N–H and O–H groups in total. The molecule has 0 heterocycles. The van der Waals surface area contributed by atoms with Crippen LogP contribution in [0.25, 0.3) is 6.08 Å². The van der Waals surface area contributed by atoms with E-state index in [-0.39, 0.29) is 11.6 Å². The maximum absolute atomic E-state index is 13.6. The van der Waals surface area contributed by atoms with Crippen LogP contribution >= 0.6 is 11.8 Å². The molecule has 0 saturated carbocycles. The highest BCUT2D eigenvalue weighted by Gasteiger charge is 2.18. The molecule has 5 aromatic rings. The molecule has 0 aliphatic carbocycles. The SMILES string of the molecule is CCOc1ccccc1/C=C(/NC(=O)c1ccccc1)C(=O)Nc1cccc(SC(C)C(=O)Nc2ccc(Oc3ccccc3)cc2)c1. The number of hydrogen-bond donors (Lipinski definition) is 3. The zero-order valence-corrected chi connectivity index (χ0v) is 27.3. The van der Waals surface area contributed by atoms with Crippen LogP contribution in [0, 0.1) is 0 Å². The summed E-state index contributed by atoms with van der Waals surface area (Å²) in [4.78, 5) is 40.5. The minimum absolute atomic E-state index is 0.0435. The van der Waals surface area contributed by atoms with Crippen molar-refractivity contribution in [2.45, 2.75) is 24.0 Å². The zero-order valence-electron chi connectivity index (χ0n) is 26.5. The molecule has 0 radical (unpaired) electrons. The standard InChI is InChI=1S/C39H35N3O5S/c1-3-46-36-20-11-10-15-29(36)25-35(42-38(44)28-13-6-4-7-14-28)39(45)41-31-16-12-19-34(26-31)48-27(2)37(43)40-30-21-23-33(24-22-30)47-32-17-8-5-9-18-32/h4-27H,3H2,1-2H3,(H,40,43)(H,41,45)(H,42,44)/b35-25+. The van der Waals surface area contributed by atoms with Gasteiger partial charge in [0, 0.05) is 27.4 Å². The van der Waals surface area contributed by atoms with E-state index in [0.717, 1.165) is 10.6 Å². The maximum atomic E-state index is 13.6. The third-order valence-corrected chi connectivity index (χ3v) is 8.02. The molecule has 1 unspecified atom stereocenters. The summed E-state index contributed by atoms with van der Waals surface area (Å²) in [7, 11) is 0. The number of hydrogen-bond acceptors (Lipinski definition) is 6. The number of carbonyl (C=O) groups excluding carboxylic acids is 3. The largest absolute Gasteiger partial charge is 0.493 e. The third kappa shape index (κ3) is 9.60. The minimum atomic E-state index is -0.516. The summed E-state index contributed by atoms with van der Waals surface area (Å²) in [5.74, 6) is 0.867. The van der Waals surface area contributed by atoms with Crippen LogP contribution in [0.4, 0.5) is 11.4 Å². The minimum Gasteiger partial charge on any atom is -0.493 e. The fourth-order valence-corrected chi connectivity index (χ4v) is 5.49. The number of ether oxygens (including phenoxy) is 2. The fourth-order valence-electron chi connectivity index (χ4n) is 4.56. The summed E-state index contributed by atoms with van der Waals surface area (Å²) in [6.07, 6.45) is 1.59. The number of thioether (sulfide) groups is 1. The van der Waals surface area contributed by atoms with E-state index in [1.165, 1.54) is 11.8 Å². The molecule has 9 heteroatoms. The Kier molecular flexibility index (Phi) is 11.7. The quantitative estimate of drug-likeness (QED) is 0.0868. The first kappa shape index (κ1) is 33.6. The van der Waals surface area contributed by atoms with Gasteiger partial charge in [0.1, 0.15) is 22.9 Å². The Balaban J connectivity index is 1.25. The average Bonchev–Trinajstić information content (AvgIpc) is 3.10. The highest BCUT2D eigenvalue weighted by Crippen LogP contribution is 2.28. The normalized spacial score (nSPS) is 11.6. The van der Waals surface area contributed by atoms with Crippen LogP contribution in [0.5, 0.6) is 17.2 Å². The van der Waals surface area contributed by atoms with Gasteiger partial charge in [-0.25, -0.2) is 0 Å². The van der Waals surface area contributed by atoms with Gasteiger partial charge >= 0.3 is 0 Å². The van der Waals surface area contributed by atoms with Crippen molar-refractivity contribution in [2.75, 3.05) is 17.2 Å². The van der Waals surface area contributed by atoms with Crippen LogP contribution in [-0.2, 0) is 9.59 Å². The Morgan fingerprint density at radius 2 is 1.40 bits per heavy atom. The number of nitrogens with one attached hydrogen (secondary N) is 3. The van der Waals surface area contributed by atoms with E-state index in [0.29, 0.717) is 40.6 Å². The molecule has 8 nitrogen and oxygen atoms in total. The molecule has 0 fully saturated rings. The number of benzene rings is 5. The average molecular weight is 658 g/mol. The van der Waals surface area contributed by atoms with Gasteiger partial charge in [0.25, 0.3) is 11.8 Å². The lowest BCUT2D eigenvalue weighted by Crippen LogP contribution is -2.30. The molecule has 0 aromatic heterocycles. The van der Waals surface area contributed by atoms with Crippen LogP contribution < -0.4 is 25.4 Å². The van der Waals surface area contributed by atoms with Gasteiger partial charge in [0.2, 0.25) is 5.91 Å². The van der Waals surface area contributed by atoms with Crippen LogP contribution in [0.15, 0.2) is 144 Å². The van der Waals surface area contributed by atoms with Crippen molar-refractivity contribution < 1.29 is 23.9 Å². The van der Waals surface area contributed by atoms with E-state index in [1.54, 1.807) is 78.9 Å². The summed E-state index contributed by atoms with van der Waals surface area (Å²) >= 11 is 1.35. The second kappa shape index (κ2) is 16.7. The number of anilines is 2. The van der Waals surface area contributed by atoms with E-state index < -0.39 is 17.1 Å². The Labute approximate surface area is 284 Å². The highest BCUT2D eigenvalue weighted by atomic mass is 32.2. The van der Waals surface area contributed by atoms with E-state index in [4.69, 9.17) is 9.47 Å². The second-order valence-electron chi connectivity index (χ2n) is 10.5. The lowest BCUT2D eigenvalue weighted by atomic mass is 10.1. The first-order valence-corrected chi connectivity index (χ1v) is 16.3. The van der Waals surface area contributed by atoms with Crippen molar-refractivity contribution in [1.29, 1.82) is 0 Å². The van der Waals surface area contributed by atoms with Gasteiger partial charge in [-0.15, -0.1) is 11.8 Å². The van der Waals surface area contributed by atoms with E-state index in [1.807, 2.05) is 74.5 Å². The Bertz CT molecular complexity index is 1880. The van der Waals surface area contributed by atoms with Crippen LogP contribution in [0.3, 0.4) is 0 Å². The number of amides is 3. The van der Waals surface area contributed by atoms with Crippen molar-refractivity contribution >= 4 is 46.9 Å². The van der Waals surface area contributed by atoms with Gasteiger partial charge < -0.3 is 25.4 Å². The summed E-state index contributed by atoms with van der Waals surface area (Å²) in [6, 6.07) is 39.8. The molecule has 0 saturated heterocycles. The van der Waals surface area contributed by atoms with Crippen molar-refractivity contribution in [3.8, 4) is 17.2 Å². The lowest BCUT2D eigenvalue weighted by molar-refractivity contribution is -0.115. The van der Waals surface area contributed by atoms with Gasteiger partial charge in [-0.05, 0) is 92.7 Å². The maximum Gasteiger partial charge on any atom is 0.272 e. The van der Waals surface area contributed by atoms with Crippen molar-refractivity contribution in [3.05, 3.63) is 150 Å². The predicted octanol–water partition coefficient (Wildman–Crippen LogP) is 8.41. The number of rotatable bonds is 13. The van der Waals surface area contributed by atoms with E-state index >= 15 is 0 Å². The molecular weight excluding hydrogens is 623 g/mol. The molecule has 5 aromatic carbocycles. The summed E-state index contributed by atoms with van der Waals surface area (Å²) in [6.45, 7) is 4.13. The molecule has 0 aliphatic rings. The molecule has 0 bridgehead atoms. The first-order valence-electron chi connectivity index (χ1n) is 15.4. The molecular formula is C39H35N3O5S. The molecule has 48 heavy (non-hydrogen) atoms. The predicted molar refractivity (Wildman–Crippen MR) is 191 cm³/mol. The van der Waals surface area contributed by atoms with Gasteiger partial charge in [-0.3, -0.25) is 14.4 Å². The third-order valence-electron chi connectivity index (χ3n) is 6.92. The highest BCUT2D eigenvalue weighted by molar-refractivity contribution is 8.00. The van der Waals surface area contributed by atoms with Crippen LogP contribution in [0.1, 0.15) is 29.8 Å². The monoisotopic (exact) mass is 657 g/mol. The molecule has 5 rings (SSSR count). The van der Waals surface area contributed by atoms with Gasteiger partial charge in [-0.1, -0.05) is 60.7 Å². The molecule has 242 valence electrons. The topological polar surface area (TPSA) is 106 Å². The van der Waals surface area contributed by atoms with E-state index in [9.17, 15) is 14.4 Å². The van der Waals surface area contributed by atoms with Crippen molar-refractivity contribution in [3.63, 3.8) is 0 Å². The molecule has 3 amide bonds. The van der Waals surface area contributed by atoms with Crippen molar-refractivity contribution in [2.24, 2.45) is 0 Å². The molecule has 0 aliphatic heterocycles. The summed E-state index contributed by atoms with van der Waals surface area (Å²) in [5.41, 5.74) is 2.25. The Hall–Kier alpha value is -5.80. The molecule has 0 spiro atoms. The van der Waals surface area contributed by atoms with Crippen LogP contribution in [-0.4, -0.2) is 29.6 Å². The van der Waals surface area contributed by atoms with Gasteiger partial charge in [-0.2, -0.15) is 0 Å². The van der Waals surface area contributed by atoms with E-state index in [2.05, 4.69) is 16.0 Å². The lowest BCUT2D eigenvalue weighted by Gasteiger charge is -2.15. The van der Waals surface area contributed by atoms with Crippen LogP contribution in [0.2, 0.25) is 0 Å². The number of carbonyl (C=O) groups is 3. The first-order chi connectivity index (χ1) is 23.4. The second-order valence-corrected chi connectivity index (χ2v) is 11.9. The Morgan fingerprint density at radius 1 is 0.729 bits per heavy atom. The fraction of sp³-hybridized carbons (Fsp3) is 0.103. The van der Waals surface area contributed by atoms with Gasteiger partial charge in [0.05, 0.1) is 11.9 Å². The smallest absolute Gasteiger partial charge is 0.272 e. The van der Waals surface area contributed by atoms with Gasteiger partial charge in [0.15, 0.2) is 0 Å². The summed E-state index contributed by atoms with van der Waals surface area (Å²) < 4.78 is 11.6. The zero-order chi connectivity index (χ0) is 33.7. The van der Waals surface area contributed by atoms with Crippen molar-refractivity contribution in [1.82, 2.24) is 5.32 Å².